The molecule has 2 aromatic carbocycles. The van der Waals surface area contributed by atoms with Crippen LogP contribution < -0.4 is 14.2 Å². The van der Waals surface area contributed by atoms with Crippen LogP contribution in [0.3, 0.4) is 0 Å². The summed E-state index contributed by atoms with van der Waals surface area (Å²) in [6.45, 7) is -0.171. The Hall–Kier alpha value is -2.48. The van der Waals surface area contributed by atoms with Crippen molar-refractivity contribution in [1.29, 1.82) is 0 Å². The zero-order valence-corrected chi connectivity index (χ0v) is 16.4. The van der Waals surface area contributed by atoms with E-state index in [0.29, 0.717) is 29.2 Å². The number of aromatic hydroxyl groups is 1. The molecular formula is C21H28O7. The van der Waals surface area contributed by atoms with Gasteiger partial charge in [-0.05, 0) is 48.2 Å². The third-order valence-electron chi connectivity index (χ3n) is 4.43. The molecule has 0 aliphatic carbocycles. The number of rotatable bonds is 11. The lowest BCUT2D eigenvalue weighted by atomic mass is 10.0. The topological polar surface area (TPSA) is 97.6 Å². The number of hydrogen-bond acceptors (Lipinski definition) is 7. The summed E-state index contributed by atoms with van der Waals surface area (Å²) in [6.07, 6.45) is 0.0800. The SMILES string of the molecule is COc1cc(C(OC)C(CO)Oc2ccc(CCCO)cc2OC)ccc1O. The van der Waals surface area contributed by atoms with Gasteiger partial charge in [-0.25, -0.2) is 0 Å². The highest BCUT2D eigenvalue weighted by Crippen LogP contribution is 2.35. The third kappa shape index (κ3) is 5.28. The molecule has 0 fully saturated rings. The van der Waals surface area contributed by atoms with E-state index in [1.807, 2.05) is 12.1 Å². The predicted octanol–water partition coefficient (Wildman–Crippen LogP) is 2.46. The van der Waals surface area contributed by atoms with Crippen LogP contribution in [0.2, 0.25) is 0 Å². The normalized spacial score (nSPS) is 13.0. The van der Waals surface area contributed by atoms with Crippen LogP contribution in [0.1, 0.15) is 23.7 Å². The summed E-state index contributed by atoms with van der Waals surface area (Å²) >= 11 is 0. The highest BCUT2D eigenvalue weighted by atomic mass is 16.6. The van der Waals surface area contributed by atoms with Crippen LogP contribution in [-0.4, -0.2) is 56.0 Å². The summed E-state index contributed by atoms with van der Waals surface area (Å²) in [6, 6.07) is 10.4. The first kappa shape index (κ1) is 21.8. The van der Waals surface area contributed by atoms with E-state index in [4.69, 9.17) is 24.1 Å². The van der Waals surface area contributed by atoms with Gasteiger partial charge in [0.1, 0.15) is 6.10 Å². The molecule has 7 heteroatoms. The second kappa shape index (κ2) is 10.8. The van der Waals surface area contributed by atoms with Crippen LogP contribution in [0.4, 0.5) is 0 Å². The molecule has 28 heavy (non-hydrogen) atoms. The Morgan fingerprint density at radius 2 is 1.64 bits per heavy atom. The Morgan fingerprint density at radius 3 is 2.25 bits per heavy atom. The second-order valence-corrected chi connectivity index (χ2v) is 6.24. The first-order valence-electron chi connectivity index (χ1n) is 9.02. The van der Waals surface area contributed by atoms with Crippen molar-refractivity contribution in [3.8, 4) is 23.0 Å². The van der Waals surface area contributed by atoms with Crippen LogP contribution in [-0.2, 0) is 11.2 Å². The van der Waals surface area contributed by atoms with Crippen molar-refractivity contribution in [2.75, 3.05) is 34.5 Å². The number of phenols is 1. The molecule has 2 aromatic rings. The molecule has 0 heterocycles. The minimum Gasteiger partial charge on any atom is -0.504 e. The van der Waals surface area contributed by atoms with Crippen molar-refractivity contribution in [3.63, 3.8) is 0 Å². The minimum atomic E-state index is -0.712. The van der Waals surface area contributed by atoms with Crippen LogP contribution in [0, 0.1) is 0 Å². The van der Waals surface area contributed by atoms with Gasteiger partial charge in [-0.1, -0.05) is 12.1 Å². The highest BCUT2D eigenvalue weighted by molar-refractivity contribution is 5.44. The molecule has 0 saturated heterocycles. The van der Waals surface area contributed by atoms with E-state index in [0.717, 1.165) is 12.0 Å². The molecule has 0 radical (unpaired) electrons. The molecule has 0 bridgehead atoms. The molecule has 0 spiro atoms. The summed E-state index contributed by atoms with van der Waals surface area (Å²) < 4.78 is 22.1. The summed E-state index contributed by atoms with van der Waals surface area (Å²) in [5, 5.41) is 28.7. The number of phenolic OH excluding ortho intramolecular Hbond substituents is 1. The highest BCUT2D eigenvalue weighted by Gasteiger charge is 2.26. The predicted molar refractivity (Wildman–Crippen MR) is 104 cm³/mol. The number of benzene rings is 2. The smallest absolute Gasteiger partial charge is 0.161 e. The summed E-state index contributed by atoms with van der Waals surface area (Å²) in [5.74, 6) is 1.33. The lowest BCUT2D eigenvalue weighted by Gasteiger charge is -2.27. The van der Waals surface area contributed by atoms with Gasteiger partial charge in [0.15, 0.2) is 29.1 Å². The molecule has 2 atom stereocenters. The summed E-state index contributed by atoms with van der Waals surface area (Å²) in [5.41, 5.74) is 1.71. The minimum absolute atomic E-state index is 0.0164. The van der Waals surface area contributed by atoms with E-state index < -0.39 is 12.2 Å². The van der Waals surface area contributed by atoms with Gasteiger partial charge in [-0.3, -0.25) is 0 Å². The molecule has 2 rings (SSSR count). The third-order valence-corrected chi connectivity index (χ3v) is 4.43. The van der Waals surface area contributed by atoms with E-state index in [1.54, 1.807) is 25.3 Å². The number of ether oxygens (including phenoxy) is 4. The standard InChI is InChI=1S/C21H28O7/c1-25-18-12-15(7-8-16(18)24)21(27-3)20(13-23)28-17-9-6-14(5-4-10-22)11-19(17)26-2/h6-9,11-12,20-24H,4-5,10,13H2,1-3H3. The lowest BCUT2D eigenvalue weighted by Crippen LogP contribution is -2.30. The van der Waals surface area contributed by atoms with Crippen LogP contribution in [0.15, 0.2) is 36.4 Å². The fourth-order valence-electron chi connectivity index (χ4n) is 2.98. The van der Waals surface area contributed by atoms with Gasteiger partial charge in [0, 0.05) is 13.7 Å². The quantitative estimate of drug-likeness (QED) is 0.540. The molecule has 0 saturated carbocycles. The Labute approximate surface area is 165 Å². The van der Waals surface area contributed by atoms with E-state index in [1.165, 1.54) is 20.3 Å². The Morgan fingerprint density at radius 1 is 0.893 bits per heavy atom. The van der Waals surface area contributed by atoms with Gasteiger partial charge < -0.3 is 34.3 Å². The molecule has 7 nitrogen and oxygen atoms in total. The molecule has 0 aliphatic rings. The zero-order chi connectivity index (χ0) is 20.5. The van der Waals surface area contributed by atoms with Crippen LogP contribution >= 0.6 is 0 Å². The van der Waals surface area contributed by atoms with Crippen LogP contribution in [0.25, 0.3) is 0 Å². The maximum absolute atomic E-state index is 9.91. The van der Waals surface area contributed by atoms with Gasteiger partial charge in [0.25, 0.3) is 0 Å². The van der Waals surface area contributed by atoms with E-state index in [-0.39, 0.29) is 19.0 Å². The molecule has 0 amide bonds. The Balaban J connectivity index is 2.26. The summed E-state index contributed by atoms with van der Waals surface area (Å²) in [4.78, 5) is 0. The summed E-state index contributed by atoms with van der Waals surface area (Å²) in [7, 11) is 4.53. The number of aliphatic hydroxyl groups excluding tert-OH is 2. The monoisotopic (exact) mass is 392 g/mol. The van der Waals surface area contributed by atoms with Crippen molar-refractivity contribution < 1.29 is 34.3 Å². The van der Waals surface area contributed by atoms with E-state index in [9.17, 15) is 10.2 Å². The van der Waals surface area contributed by atoms with Crippen molar-refractivity contribution >= 4 is 0 Å². The Bertz CT molecular complexity index is 748. The van der Waals surface area contributed by atoms with Crippen LogP contribution in [0.5, 0.6) is 23.0 Å². The molecule has 154 valence electrons. The fraction of sp³-hybridized carbons (Fsp3) is 0.429. The fourth-order valence-corrected chi connectivity index (χ4v) is 2.98. The number of methoxy groups -OCH3 is 3. The first-order valence-corrected chi connectivity index (χ1v) is 9.02. The first-order chi connectivity index (χ1) is 13.6. The van der Waals surface area contributed by atoms with E-state index >= 15 is 0 Å². The largest absolute Gasteiger partial charge is 0.504 e. The second-order valence-electron chi connectivity index (χ2n) is 6.24. The van der Waals surface area contributed by atoms with Crippen molar-refractivity contribution in [3.05, 3.63) is 47.5 Å². The number of aliphatic hydroxyl groups is 2. The number of hydrogen-bond donors (Lipinski definition) is 3. The lowest BCUT2D eigenvalue weighted by molar-refractivity contribution is -0.0265. The molecule has 2 unspecified atom stereocenters. The van der Waals surface area contributed by atoms with Crippen molar-refractivity contribution in [2.45, 2.75) is 25.0 Å². The van der Waals surface area contributed by atoms with Crippen molar-refractivity contribution in [2.24, 2.45) is 0 Å². The maximum atomic E-state index is 9.91. The van der Waals surface area contributed by atoms with Gasteiger partial charge in [-0.2, -0.15) is 0 Å². The average molecular weight is 392 g/mol. The van der Waals surface area contributed by atoms with Crippen molar-refractivity contribution in [1.82, 2.24) is 0 Å². The number of aryl methyl sites for hydroxylation is 1. The average Bonchev–Trinajstić information content (AvgIpc) is 2.73. The molecule has 0 aliphatic heterocycles. The van der Waals surface area contributed by atoms with E-state index in [2.05, 4.69) is 0 Å². The Kier molecular flexibility index (Phi) is 8.38. The van der Waals surface area contributed by atoms with Gasteiger partial charge in [0.2, 0.25) is 0 Å². The molecule has 3 N–H and O–H groups in total. The van der Waals surface area contributed by atoms with Gasteiger partial charge >= 0.3 is 0 Å². The maximum Gasteiger partial charge on any atom is 0.161 e. The van der Waals surface area contributed by atoms with Gasteiger partial charge in [-0.15, -0.1) is 0 Å². The molecular weight excluding hydrogens is 364 g/mol. The zero-order valence-electron chi connectivity index (χ0n) is 16.4. The molecule has 0 aromatic heterocycles. The van der Waals surface area contributed by atoms with Gasteiger partial charge in [0.05, 0.1) is 20.8 Å².